The van der Waals surface area contributed by atoms with E-state index in [1.807, 2.05) is 4.90 Å². The fraction of sp³-hybridized carbons (Fsp3) is 0.415. The minimum absolute atomic E-state index is 0. The number of aromatic hydroxyl groups is 2. The number of aromatic nitrogens is 8. The van der Waals surface area contributed by atoms with Crippen LogP contribution in [0.25, 0.3) is 0 Å². The number of nitro groups is 2. The highest BCUT2D eigenvalue weighted by Crippen LogP contribution is 2.31. The van der Waals surface area contributed by atoms with Gasteiger partial charge in [0.05, 0.1) is 64.2 Å². The number of carboxylic acids is 1. The number of nitrogens with zero attached hydrogens (tertiary/aromatic N) is 13. The van der Waals surface area contributed by atoms with Gasteiger partial charge in [0.25, 0.3) is 5.91 Å². The van der Waals surface area contributed by atoms with Crippen molar-refractivity contribution in [3.63, 3.8) is 0 Å². The second kappa shape index (κ2) is 36.2. The number of rotatable bonds is 10. The van der Waals surface area contributed by atoms with Crippen molar-refractivity contribution in [3.05, 3.63) is 128 Å². The van der Waals surface area contributed by atoms with Crippen molar-refractivity contribution in [2.45, 2.75) is 100 Å². The Balaban J connectivity index is 0.00000101. The van der Waals surface area contributed by atoms with Gasteiger partial charge < -0.3 is 45.8 Å². The van der Waals surface area contributed by atoms with Crippen LogP contribution in [0.1, 0.15) is 133 Å². The first-order valence-corrected chi connectivity index (χ1v) is 24.7. The topological polar surface area (TPSA) is 358 Å². The number of aromatic carboxylic acids is 1. The lowest BCUT2D eigenvalue weighted by Crippen LogP contribution is -2.20. The Kier molecular flexibility index (Phi) is 31.3. The first-order valence-electron chi connectivity index (χ1n) is 24.3. The zero-order chi connectivity index (χ0) is 56.6. The average Bonchev–Trinajstić information content (AvgIpc) is 4.36. The number of nitrogens with one attached hydrogen (secondary N) is 1. The maximum atomic E-state index is 13.6. The summed E-state index contributed by atoms with van der Waals surface area (Å²) in [5.41, 5.74) is 5.54. The lowest BCUT2D eigenvalue weighted by molar-refractivity contribution is -0.385. The number of amides is 1. The van der Waals surface area contributed by atoms with Gasteiger partial charge in [-0.1, -0.05) is 61.8 Å². The number of phenols is 2. The number of hydrogen-bond acceptors (Lipinski definition) is 22. The van der Waals surface area contributed by atoms with Gasteiger partial charge >= 0.3 is 17.3 Å². The number of nitrogens with two attached hydrogens (primary N) is 1. The number of phenolic OH excluding ortho intramolecular Hbond substituents is 2. The largest absolute Gasteiger partial charge is 0.504 e. The highest BCUT2D eigenvalue weighted by molar-refractivity contribution is 6.28. The first-order chi connectivity index (χ1) is 37.5. The molecule has 29 heteroatoms. The Hall–Kier alpha value is -9.08. The van der Waals surface area contributed by atoms with Crippen LogP contribution in [-0.4, -0.2) is 130 Å². The number of methoxy groups -OCH3 is 1. The number of nitrogen functional groups attached to an aromatic ring is 1. The van der Waals surface area contributed by atoms with Gasteiger partial charge in [0.2, 0.25) is 23.1 Å². The molecule has 6 N–H and O–H groups in total. The number of carboxylic acid groups (broad SMARTS) is 1. The molecule has 7 heterocycles. The molecule has 448 valence electrons. The van der Waals surface area contributed by atoms with Crippen molar-refractivity contribution in [1.29, 1.82) is 0 Å². The lowest BCUT2D eigenvalue weighted by Gasteiger charge is -2.14. The Morgan fingerprint density at radius 1 is 0.622 bits per heavy atom. The van der Waals surface area contributed by atoms with E-state index in [9.17, 15) is 48.5 Å². The van der Waals surface area contributed by atoms with Gasteiger partial charge in [0, 0.05) is 46.3 Å². The Morgan fingerprint density at radius 2 is 0.988 bits per heavy atom. The first kappa shape index (κ1) is 70.9. The summed E-state index contributed by atoms with van der Waals surface area (Å²) in [6.45, 7) is 5.89. The van der Waals surface area contributed by atoms with Crippen LogP contribution in [0.15, 0.2) is 73.8 Å². The Bertz CT molecular complexity index is 2920. The third kappa shape index (κ3) is 22.2. The van der Waals surface area contributed by atoms with Gasteiger partial charge in [-0.15, -0.1) is 0 Å². The van der Waals surface area contributed by atoms with Crippen LogP contribution in [0.3, 0.4) is 0 Å². The summed E-state index contributed by atoms with van der Waals surface area (Å²) in [5, 5.41) is 49.8. The molecule has 82 heavy (non-hydrogen) atoms. The predicted octanol–water partition coefficient (Wildman–Crippen LogP) is 10.6. The van der Waals surface area contributed by atoms with E-state index < -0.39 is 44.9 Å². The summed E-state index contributed by atoms with van der Waals surface area (Å²) in [7, 11) is 1.28. The molecule has 0 spiro atoms. The molecule has 3 aliphatic heterocycles. The highest BCUT2D eigenvalue weighted by Gasteiger charge is 2.19. The average molecular weight is 1170 g/mol. The van der Waals surface area contributed by atoms with E-state index in [2.05, 4.69) is 55.0 Å². The molecule has 6 aromatic rings. The molecular formula is C53H74ClF2N15O11. The van der Waals surface area contributed by atoms with E-state index in [1.165, 1.54) is 82.9 Å². The van der Waals surface area contributed by atoms with E-state index in [4.69, 9.17) is 32.3 Å². The normalized spacial score (nSPS) is 13.3. The van der Waals surface area contributed by atoms with Gasteiger partial charge in [-0.2, -0.15) is 0 Å². The van der Waals surface area contributed by atoms with E-state index in [0.29, 0.717) is 29.3 Å². The smallest absolute Gasteiger partial charge is 0.335 e. The van der Waals surface area contributed by atoms with Crippen LogP contribution >= 0.6 is 11.6 Å². The summed E-state index contributed by atoms with van der Waals surface area (Å²) in [5.74, 6) is -3.51. The number of hydrogen-bond donors (Lipinski definition) is 5. The monoisotopic (exact) mass is 1170 g/mol. The van der Waals surface area contributed by atoms with Gasteiger partial charge in [-0.3, -0.25) is 29.8 Å². The van der Waals surface area contributed by atoms with Crippen LogP contribution < -0.4 is 30.5 Å². The molecule has 0 atom stereocenters. The second-order valence-corrected chi connectivity index (χ2v) is 17.5. The summed E-state index contributed by atoms with van der Waals surface area (Å²) >= 11 is 5.27. The number of halogens is 3. The SMILES string of the molecule is C.C.C.C.C1CCCC1.COc1cc(C(=O)Nc2cnc(N3CCCC3)nc2)cc(F)c1O.Nc1cnc(N2CCCC2)nc1.O=Cc1cc(C(=O)O)cc(F)c1O.O=[N+]([O-])c1cnc(Cl)nc1.O=[N+]([O-])c1cnc(N2CCCC2)nc1.[HH]. The minimum Gasteiger partial charge on any atom is -0.504 e. The van der Waals surface area contributed by atoms with E-state index >= 15 is 0 Å². The van der Waals surface area contributed by atoms with Crippen LogP contribution in [0.2, 0.25) is 5.28 Å². The molecule has 4 fully saturated rings. The Labute approximate surface area is 480 Å². The zero-order valence-electron chi connectivity index (χ0n) is 42.2. The van der Waals surface area contributed by atoms with E-state index in [1.54, 1.807) is 12.4 Å². The van der Waals surface area contributed by atoms with Crippen LogP contribution in [0, 0.1) is 31.9 Å². The summed E-state index contributed by atoms with van der Waals surface area (Å²) in [6, 6.07) is 3.73. The summed E-state index contributed by atoms with van der Waals surface area (Å²) in [4.78, 5) is 89.9. The molecule has 1 amide bonds. The fourth-order valence-corrected chi connectivity index (χ4v) is 7.65. The second-order valence-electron chi connectivity index (χ2n) is 17.2. The van der Waals surface area contributed by atoms with Gasteiger partial charge in [-0.25, -0.2) is 53.4 Å². The molecule has 0 unspecified atom stereocenters. The third-order valence-corrected chi connectivity index (χ3v) is 11.8. The lowest BCUT2D eigenvalue weighted by atomic mass is 10.1. The zero-order valence-corrected chi connectivity index (χ0v) is 42.9. The van der Waals surface area contributed by atoms with E-state index in [0.717, 1.165) is 95.4 Å². The number of anilines is 5. The van der Waals surface area contributed by atoms with Crippen molar-refractivity contribution in [2.75, 3.05) is 72.1 Å². The van der Waals surface area contributed by atoms with E-state index in [-0.39, 0.29) is 76.5 Å². The predicted molar refractivity (Wildman–Crippen MR) is 310 cm³/mol. The highest BCUT2D eigenvalue weighted by atomic mass is 35.5. The molecular weight excluding hydrogens is 1100 g/mol. The molecule has 10 rings (SSSR count). The molecule has 4 aliphatic rings. The molecule has 0 bridgehead atoms. The van der Waals surface area contributed by atoms with Crippen LogP contribution in [0.4, 0.5) is 49.4 Å². The van der Waals surface area contributed by atoms with Crippen molar-refractivity contribution in [2.24, 2.45) is 0 Å². The van der Waals surface area contributed by atoms with Crippen molar-refractivity contribution in [3.8, 4) is 17.2 Å². The quantitative estimate of drug-likeness (QED) is 0.0368. The van der Waals surface area contributed by atoms with Crippen LogP contribution in [-0.2, 0) is 0 Å². The number of benzene rings is 2. The maximum absolute atomic E-state index is 13.6. The number of carbonyl (C=O) groups is 3. The van der Waals surface area contributed by atoms with Gasteiger partial charge in [0.15, 0.2) is 35.2 Å². The molecule has 0 radical (unpaired) electrons. The van der Waals surface area contributed by atoms with Crippen molar-refractivity contribution >= 4 is 70.4 Å². The molecule has 1 aliphatic carbocycles. The molecule has 3 saturated heterocycles. The van der Waals surface area contributed by atoms with Crippen LogP contribution in [0.5, 0.6) is 17.2 Å². The molecule has 2 aromatic carbocycles. The Morgan fingerprint density at radius 3 is 1.37 bits per heavy atom. The van der Waals surface area contributed by atoms with Gasteiger partial charge in [-0.05, 0) is 74.4 Å². The molecule has 1 saturated carbocycles. The number of aldehydes is 1. The number of ether oxygens (including phenoxy) is 1. The minimum atomic E-state index is -1.36. The third-order valence-electron chi connectivity index (χ3n) is 11.6. The standard InChI is InChI=1S/C16H17FN4O3.C8H5FO4.C8H10N4O2.C8H12N4.C5H10.C4H2ClN3O2.4CH4.H2/c1-24-13-7-10(6-12(17)14(13)22)15(23)20-11-8-18-16(19-9-11)21-4-2-3-5-21;9-6-2-4(8(12)13)1-5(3-10)7(6)11;13-12(14)7-5-9-8(10-6-7)11-3-1-2-4-11;9-7-5-10-8(11-6-7)12-3-1-2-4-12;1-2-4-5-3-1;5-4-6-1-3(2-7-4)8(9)10;;;;;/h6-9,22H,2-5H2,1H3,(H,20,23);1-3,11H,(H,12,13);5-6H,1-4H2;5-6H,1-4,9H2;1-5H2;1-2H;4*1H4;1H. The fourth-order valence-electron chi connectivity index (χ4n) is 7.55. The maximum Gasteiger partial charge on any atom is 0.335 e. The molecule has 4 aromatic heterocycles. The molecule has 26 nitrogen and oxygen atoms in total. The van der Waals surface area contributed by atoms with Gasteiger partial charge in [0.1, 0.15) is 24.8 Å². The van der Waals surface area contributed by atoms with Crippen molar-refractivity contribution in [1.82, 2.24) is 39.9 Å². The summed E-state index contributed by atoms with van der Waals surface area (Å²) in [6.07, 6.45) is 25.6. The van der Waals surface area contributed by atoms with Crippen molar-refractivity contribution < 1.29 is 54.5 Å². The number of carbonyl (C=O) groups excluding carboxylic acids is 2. The summed E-state index contributed by atoms with van der Waals surface area (Å²) < 4.78 is 31.2.